The zero-order valence-electron chi connectivity index (χ0n) is 58.0. The summed E-state index contributed by atoms with van der Waals surface area (Å²) in [6, 6.07) is 13.6. The molecular weight excluding hydrogens is 1330 g/mol. The van der Waals surface area contributed by atoms with E-state index in [2.05, 4.69) is 31.9 Å². The quantitative estimate of drug-likeness (QED) is 0.0152. The first kappa shape index (κ1) is 78.1. The van der Waals surface area contributed by atoms with Gasteiger partial charge in [0.2, 0.25) is 41.4 Å². The highest BCUT2D eigenvalue weighted by molar-refractivity contribution is 7.85. The number of hydrogen-bond donors (Lipinski definition) is 9. The summed E-state index contributed by atoms with van der Waals surface area (Å²) in [5.41, 5.74) is 10.4. The minimum absolute atomic E-state index is 0.00101. The Kier molecular flexibility index (Phi) is 28.1. The molecule has 548 valence electrons. The Morgan fingerprint density at radius 3 is 2.05 bits per heavy atom. The van der Waals surface area contributed by atoms with Crippen molar-refractivity contribution in [3.05, 3.63) is 127 Å². The first-order valence-corrected chi connectivity index (χ1v) is 35.8. The topological polar surface area (TPSA) is 394 Å². The van der Waals surface area contributed by atoms with E-state index in [1.165, 1.54) is 10.6 Å². The largest absolute Gasteiger partial charge is 0.458 e. The molecule has 5 aromatic rings. The Balaban J connectivity index is 0.715. The van der Waals surface area contributed by atoms with Crippen molar-refractivity contribution < 1.29 is 84.5 Å². The van der Waals surface area contributed by atoms with Gasteiger partial charge in [0.05, 0.1) is 101 Å². The first-order chi connectivity index (χ1) is 48.3. The van der Waals surface area contributed by atoms with Gasteiger partial charge in [0.1, 0.15) is 36.3 Å². The zero-order chi connectivity index (χ0) is 73.1. The number of unbranched alkanes of at least 4 members (excludes halogenated alkanes) is 1. The number of nitrogens with one attached hydrogen (secondary N) is 6. The average Bonchev–Trinajstić information content (AvgIpc) is 1.61. The summed E-state index contributed by atoms with van der Waals surface area (Å²) in [4.78, 5) is 128. The number of ether oxygens (including phenoxy) is 5. The number of aromatic nitrogens is 2. The number of nitrogens with zero attached hydrogens (tertiary/aromatic N) is 3. The Morgan fingerprint density at radius 2 is 1.42 bits per heavy atom. The molecule has 30 heteroatoms. The van der Waals surface area contributed by atoms with Gasteiger partial charge in [-0.2, -0.15) is 8.42 Å². The Hall–Kier alpha value is -8.62. The van der Waals surface area contributed by atoms with E-state index < -0.39 is 111 Å². The van der Waals surface area contributed by atoms with Crippen LogP contribution in [0.4, 0.5) is 10.1 Å². The number of anilines is 1. The number of carbonyl (C=O) groups is 8. The summed E-state index contributed by atoms with van der Waals surface area (Å²) in [5.74, 6) is -7.12. The highest BCUT2D eigenvalue weighted by Crippen LogP contribution is 2.46. The predicted molar refractivity (Wildman–Crippen MR) is 370 cm³/mol. The molecule has 0 fully saturated rings. The summed E-state index contributed by atoms with van der Waals surface area (Å²) in [7, 11) is -4.72. The van der Waals surface area contributed by atoms with Gasteiger partial charge in [0, 0.05) is 54.1 Å². The molecule has 10 N–H and O–H groups in total. The van der Waals surface area contributed by atoms with Crippen LogP contribution in [-0.2, 0) is 110 Å². The number of carbonyl (C=O) groups excluding carboxylic acids is 8. The maximum absolute atomic E-state index is 15.5. The molecule has 2 aliphatic heterocycles. The smallest absolute Gasteiger partial charge is 0.343 e. The Bertz CT molecular complexity index is 4040. The van der Waals surface area contributed by atoms with E-state index in [0.717, 1.165) is 23.1 Å². The minimum Gasteiger partial charge on any atom is -0.458 e. The number of benzene rings is 3. The third-order valence-corrected chi connectivity index (χ3v) is 19.0. The number of halogens is 1. The maximum atomic E-state index is 15.5. The normalized spacial score (nSPS) is 16.1. The van der Waals surface area contributed by atoms with Gasteiger partial charge in [-0.15, -0.1) is 0 Å². The fraction of sp³-hybridized carbons (Fsp3) is 0.521. The van der Waals surface area contributed by atoms with Crippen LogP contribution in [0.25, 0.3) is 22.3 Å². The lowest BCUT2D eigenvalue weighted by Gasteiger charge is -2.31. The van der Waals surface area contributed by atoms with Crippen molar-refractivity contribution in [3.8, 4) is 11.4 Å². The maximum Gasteiger partial charge on any atom is 0.343 e. The molecule has 5 unspecified atom stereocenters. The van der Waals surface area contributed by atoms with Gasteiger partial charge in [-0.25, -0.2) is 14.2 Å². The predicted octanol–water partition coefficient (Wildman–Crippen LogP) is 3.33. The van der Waals surface area contributed by atoms with E-state index >= 15 is 4.39 Å². The van der Waals surface area contributed by atoms with Crippen molar-refractivity contribution in [1.82, 2.24) is 41.5 Å². The molecule has 5 atom stereocenters. The molecule has 3 aromatic carbocycles. The molecule has 28 nitrogen and oxygen atoms in total. The highest BCUT2D eigenvalue weighted by Gasteiger charge is 2.46. The van der Waals surface area contributed by atoms with Crippen LogP contribution < -0.4 is 48.1 Å². The van der Waals surface area contributed by atoms with Crippen LogP contribution in [0.2, 0.25) is 0 Å². The lowest BCUT2D eigenvalue weighted by Crippen LogP contribution is -2.56. The lowest BCUT2D eigenvalue weighted by atomic mass is 9.81. The van der Waals surface area contributed by atoms with Crippen LogP contribution in [0.3, 0.4) is 0 Å². The monoisotopic (exact) mass is 1420 g/mol. The number of aryl methyl sites for hydroxylation is 3. The average molecular weight is 1430 g/mol. The van der Waals surface area contributed by atoms with Crippen molar-refractivity contribution >= 4 is 74.0 Å². The van der Waals surface area contributed by atoms with Gasteiger partial charge >= 0.3 is 5.97 Å². The number of nitrogens with two attached hydrogens (primary N) is 1. The van der Waals surface area contributed by atoms with E-state index in [1.807, 2.05) is 62.4 Å². The summed E-state index contributed by atoms with van der Waals surface area (Å²) in [6.07, 6.45) is 2.07. The summed E-state index contributed by atoms with van der Waals surface area (Å²) in [6.45, 7) is 11.1. The fourth-order valence-electron chi connectivity index (χ4n) is 12.7. The Labute approximate surface area is 585 Å². The molecule has 2 aromatic heterocycles. The summed E-state index contributed by atoms with van der Waals surface area (Å²) >= 11 is 0. The molecule has 7 amide bonds. The zero-order valence-corrected chi connectivity index (χ0v) is 58.8. The third-order valence-electron chi connectivity index (χ3n) is 18.2. The van der Waals surface area contributed by atoms with E-state index in [1.54, 1.807) is 38.7 Å². The van der Waals surface area contributed by atoms with Crippen molar-refractivity contribution in [2.45, 2.75) is 155 Å². The molecule has 8 rings (SSSR count). The molecule has 101 heavy (non-hydrogen) atoms. The van der Waals surface area contributed by atoms with E-state index in [9.17, 15) is 61.2 Å². The molecule has 1 aliphatic carbocycles. The second-order valence-corrected chi connectivity index (χ2v) is 27.1. The number of pyridine rings is 2. The van der Waals surface area contributed by atoms with Crippen molar-refractivity contribution in [3.63, 3.8) is 0 Å². The Morgan fingerprint density at radius 1 is 0.782 bits per heavy atom. The second-order valence-electron chi connectivity index (χ2n) is 25.6. The van der Waals surface area contributed by atoms with Crippen molar-refractivity contribution in [2.75, 3.05) is 83.1 Å². The number of hydrogen-bond acceptors (Lipinski definition) is 19. The molecule has 0 bridgehead atoms. The van der Waals surface area contributed by atoms with Gasteiger partial charge < -0.3 is 75.9 Å². The molecule has 4 heterocycles. The highest BCUT2D eigenvalue weighted by atomic mass is 32.2. The molecule has 0 spiro atoms. The van der Waals surface area contributed by atoms with E-state index in [0.29, 0.717) is 82.5 Å². The fourth-order valence-corrected chi connectivity index (χ4v) is 13.4. The van der Waals surface area contributed by atoms with E-state index in [-0.39, 0.29) is 128 Å². The van der Waals surface area contributed by atoms with Crippen LogP contribution in [-0.4, -0.2) is 171 Å². The van der Waals surface area contributed by atoms with Crippen molar-refractivity contribution in [1.29, 1.82) is 0 Å². The van der Waals surface area contributed by atoms with Gasteiger partial charge in [-0.3, -0.25) is 42.9 Å². The van der Waals surface area contributed by atoms with Crippen LogP contribution in [0.5, 0.6) is 0 Å². The minimum atomic E-state index is -4.72. The molecular formula is C71H93FN10O18S. The molecule has 0 saturated heterocycles. The number of para-hydroxylation sites is 1. The molecule has 0 radical (unpaired) electrons. The van der Waals surface area contributed by atoms with Gasteiger partial charge in [-0.1, -0.05) is 70.2 Å². The summed E-state index contributed by atoms with van der Waals surface area (Å²) in [5, 5.41) is 28.1. The number of esters is 1. The first-order valence-electron chi connectivity index (χ1n) is 34.2. The van der Waals surface area contributed by atoms with Crippen LogP contribution in [0.1, 0.15) is 135 Å². The van der Waals surface area contributed by atoms with Crippen molar-refractivity contribution in [2.24, 2.45) is 11.7 Å². The summed E-state index contributed by atoms with van der Waals surface area (Å²) < 4.78 is 77.6. The second kappa shape index (κ2) is 36.3. The van der Waals surface area contributed by atoms with Gasteiger partial charge in [0.25, 0.3) is 15.7 Å². The van der Waals surface area contributed by atoms with Gasteiger partial charge in [-0.05, 0) is 117 Å². The van der Waals surface area contributed by atoms with Crippen LogP contribution in [0.15, 0.2) is 65.5 Å². The molecule has 0 saturated carbocycles. The van der Waals surface area contributed by atoms with Crippen LogP contribution >= 0.6 is 0 Å². The third kappa shape index (κ3) is 20.1. The number of amides is 7. The SMILES string of the molecule is CCc1ccccc1CN(C(=O)CCNC(=O)C(CS(=O)(=O)O)NC(=O)CCOCCOCCOCCOCCC(=O)NC(C(=O)NC(CCCCN)C(=O)NCC(=O)NC1CCc2c(C)c(F)cc3nc4c(c1c23)Cn1c-4cc2c(c1=O)COC(=O)C2(O)CC)C(C)C)c1ccccc1C. The van der Waals surface area contributed by atoms with Gasteiger partial charge in [0.15, 0.2) is 5.60 Å². The molecule has 3 aliphatic rings. The van der Waals surface area contributed by atoms with E-state index in [4.69, 9.17) is 34.4 Å². The number of rotatable bonds is 39. The van der Waals surface area contributed by atoms with Crippen LogP contribution in [0, 0.1) is 25.6 Å². The number of fused-ring (bicyclic) bond motifs is 5. The number of cyclic esters (lactones) is 1. The lowest BCUT2D eigenvalue weighted by molar-refractivity contribution is -0.172. The number of aliphatic hydroxyl groups is 1. The standard InChI is InChI=1S/C71H93FN10O18S/c1-7-45-16-10-11-17-46(45)38-81(56-19-12-9-15-43(56)5)61(86)22-26-74-67(88)55(41-101(93,94)95)77-58(83)23-27-96-29-31-98-33-34-99-32-30-97-28-24-59(84)80-64(42(3)4)68(89)79-53(18-13-14-25-73)66(87)75-37-60(85)76-52-21-20-47-44(6)51(72)36-54-62(47)63(52)48-39-82-57(65(48)78-54)35-50-49(69(82)90)40-100-70(91)71(50,92)8-2/h9-12,15-17,19,35-36,42,52-53,55,64,92H,7-8,13-14,18,20-34,37-41,73H2,1-6H3,(H,74,88)(H,75,87)(H,76,85)(H,77,83)(H,79,89)(H,80,84)(H,93,94,95).